The van der Waals surface area contributed by atoms with Crippen LogP contribution >= 0.6 is 23.1 Å². The summed E-state index contributed by atoms with van der Waals surface area (Å²) in [5.41, 5.74) is 0.137. The van der Waals surface area contributed by atoms with Gasteiger partial charge in [0.25, 0.3) is 5.56 Å². The summed E-state index contributed by atoms with van der Waals surface area (Å²) in [4.78, 5) is 11.9. The van der Waals surface area contributed by atoms with Crippen LogP contribution in [0.2, 0.25) is 0 Å². The third-order valence-electron chi connectivity index (χ3n) is 2.13. The molecule has 0 aliphatic heterocycles. The Morgan fingerprint density at radius 3 is 3.14 bits per heavy atom. The molecule has 2 aromatic rings. The topological polar surface area (TPSA) is 22.0 Å². The van der Waals surface area contributed by atoms with Crippen molar-refractivity contribution in [3.63, 3.8) is 0 Å². The van der Waals surface area contributed by atoms with Gasteiger partial charge in [-0.3, -0.25) is 4.79 Å². The van der Waals surface area contributed by atoms with E-state index >= 15 is 0 Å². The molecule has 4 heteroatoms. The Labute approximate surface area is 90.6 Å². The highest BCUT2D eigenvalue weighted by molar-refractivity contribution is 7.98. The number of thioether (sulfide) groups is 1. The summed E-state index contributed by atoms with van der Waals surface area (Å²) in [7, 11) is 0. The minimum Gasteiger partial charge on any atom is -0.314 e. The average Bonchev–Trinajstić information content (AvgIpc) is 2.66. The van der Waals surface area contributed by atoms with Crippen LogP contribution in [0, 0.1) is 0 Å². The predicted octanol–water partition coefficient (Wildman–Crippen LogP) is 2.43. The molecular weight excluding hydrogens is 214 g/mol. The highest BCUT2D eigenvalue weighted by Crippen LogP contribution is 2.16. The SMILES string of the molecule is CSCCn1ccc2sccc2c1=O. The molecule has 14 heavy (non-hydrogen) atoms. The first kappa shape index (κ1) is 9.80. The van der Waals surface area contributed by atoms with Gasteiger partial charge in [-0.2, -0.15) is 11.8 Å². The van der Waals surface area contributed by atoms with Crippen molar-refractivity contribution in [2.45, 2.75) is 6.54 Å². The van der Waals surface area contributed by atoms with Crippen LogP contribution in [-0.4, -0.2) is 16.6 Å². The molecular formula is C10H11NOS2. The van der Waals surface area contributed by atoms with Gasteiger partial charge in [-0.25, -0.2) is 0 Å². The lowest BCUT2D eigenvalue weighted by molar-refractivity contribution is 0.744. The second kappa shape index (κ2) is 4.19. The summed E-state index contributed by atoms with van der Waals surface area (Å²) in [6.45, 7) is 0.797. The van der Waals surface area contributed by atoms with E-state index in [0.29, 0.717) is 0 Å². The highest BCUT2D eigenvalue weighted by atomic mass is 32.2. The summed E-state index contributed by atoms with van der Waals surface area (Å²) in [6, 6.07) is 3.92. The van der Waals surface area contributed by atoms with E-state index in [1.165, 1.54) is 0 Å². The zero-order valence-electron chi connectivity index (χ0n) is 7.90. The van der Waals surface area contributed by atoms with E-state index < -0.39 is 0 Å². The third-order valence-corrected chi connectivity index (χ3v) is 3.60. The lowest BCUT2D eigenvalue weighted by Crippen LogP contribution is -2.19. The normalized spacial score (nSPS) is 10.9. The number of rotatable bonds is 3. The first-order chi connectivity index (χ1) is 6.83. The first-order valence-corrected chi connectivity index (χ1v) is 6.66. The van der Waals surface area contributed by atoms with Crippen molar-refractivity contribution in [1.29, 1.82) is 0 Å². The van der Waals surface area contributed by atoms with Crippen LogP contribution in [0.4, 0.5) is 0 Å². The van der Waals surface area contributed by atoms with E-state index in [-0.39, 0.29) is 5.56 Å². The zero-order valence-corrected chi connectivity index (χ0v) is 9.53. The molecule has 2 nitrogen and oxygen atoms in total. The Hall–Kier alpha value is -0.740. The van der Waals surface area contributed by atoms with E-state index in [2.05, 4.69) is 0 Å². The minimum atomic E-state index is 0.137. The molecule has 74 valence electrons. The average molecular weight is 225 g/mol. The first-order valence-electron chi connectivity index (χ1n) is 4.38. The van der Waals surface area contributed by atoms with Crippen LogP contribution in [-0.2, 0) is 6.54 Å². The van der Waals surface area contributed by atoms with Crippen molar-refractivity contribution in [3.8, 4) is 0 Å². The van der Waals surface area contributed by atoms with Gasteiger partial charge in [-0.05, 0) is 23.8 Å². The second-order valence-electron chi connectivity index (χ2n) is 3.01. The van der Waals surface area contributed by atoms with Gasteiger partial charge in [0, 0.05) is 23.2 Å². The number of fused-ring (bicyclic) bond motifs is 1. The van der Waals surface area contributed by atoms with Gasteiger partial charge in [-0.15, -0.1) is 11.3 Å². The summed E-state index contributed by atoms with van der Waals surface area (Å²) in [6.07, 6.45) is 3.94. The van der Waals surface area contributed by atoms with E-state index in [0.717, 1.165) is 22.4 Å². The molecule has 0 aromatic carbocycles. The second-order valence-corrected chi connectivity index (χ2v) is 4.94. The number of pyridine rings is 1. The standard InChI is InChI=1S/C10H11NOS2/c1-13-7-5-11-4-2-9-8(10(11)12)3-6-14-9/h2-4,6H,5,7H2,1H3. The van der Waals surface area contributed by atoms with Crippen molar-refractivity contribution >= 4 is 33.2 Å². The predicted molar refractivity (Wildman–Crippen MR) is 64.5 cm³/mol. The van der Waals surface area contributed by atoms with Crippen LogP contribution in [0.5, 0.6) is 0 Å². The van der Waals surface area contributed by atoms with Gasteiger partial charge in [0.1, 0.15) is 0 Å². The number of aryl methyl sites for hydroxylation is 1. The Kier molecular flexibility index (Phi) is 2.93. The lowest BCUT2D eigenvalue weighted by atomic mass is 10.3. The molecule has 0 aliphatic rings. The van der Waals surface area contributed by atoms with Crippen molar-refractivity contribution in [1.82, 2.24) is 4.57 Å². The van der Waals surface area contributed by atoms with Gasteiger partial charge in [0.15, 0.2) is 0 Å². The lowest BCUT2D eigenvalue weighted by Gasteiger charge is -2.03. The number of nitrogens with zero attached hydrogens (tertiary/aromatic N) is 1. The third kappa shape index (κ3) is 1.72. The molecule has 0 N–H and O–H groups in total. The zero-order chi connectivity index (χ0) is 9.97. The van der Waals surface area contributed by atoms with Gasteiger partial charge in [0.2, 0.25) is 0 Å². The molecule has 0 amide bonds. The van der Waals surface area contributed by atoms with Gasteiger partial charge in [0.05, 0.1) is 5.39 Å². The van der Waals surface area contributed by atoms with Crippen molar-refractivity contribution in [2.75, 3.05) is 12.0 Å². The molecule has 2 rings (SSSR count). The van der Waals surface area contributed by atoms with Crippen molar-refractivity contribution in [2.24, 2.45) is 0 Å². The van der Waals surface area contributed by atoms with Crippen LogP contribution in [0.15, 0.2) is 28.5 Å². The fourth-order valence-corrected chi connectivity index (χ4v) is 2.52. The Morgan fingerprint density at radius 2 is 2.36 bits per heavy atom. The van der Waals surface area contributed by atoms with Crippen molar-refractivity contribution in [3.05, 3.63) is 34.1 Å². The van der Waals surface area contributed by atoms with Crippen LogP contribution in [0.3, 0.4) is 0 Å². The largest absolute Gasteiger partial charge is 0.314 e. The summed E-state index contributed by atoms with van der Waals surface area (Å²) in [5, 5.41) is 2.81. The summed E-state index contributed by atoms with van der Waals surface area (Å²) >= 11 is 3.37. The summed E-state index contributed by atoms with van der Waals surface area (Å²) < 4.78 is 2.86. The van der Waals surface area contributed by atoms with Gasteiger partial charge < -0.3 is 4.57 Å². The number of hydrogen-bond donors (Lipinski definition) is 0. The number of aromatic nitrogens is 1. The molecule has 0 spiro atoms. The molecule has 0 saturated heterocycles. The fourth-order valence-electron chi connectivity index (χ4n) is 1.37. The molecule has 0 fully saturated rings. The van der Waals surface area contributed by atoms with Gasteiger partial charge in [-0.1, -0.05) is 0 Å². The maximum atomic E-state index is 11.9. The molecule has 0 aliphatic carbocycles. The van der Waals surface area contributed by atoms with E-state index in [4.69, 9.17) is 0 Å². The van der Waals surface area contributed by atoms with Crippen LogP contribution in [0.1, 0.15) is 0 Å². The minimum absolute atomic E-state index is 0.137. The summed E-state index contributed by atoms with van der Waals surface area (Å²) in [5.74, 6) is 0.982. The Morgan fingerprint density at radius 1 is 1.50 bits per heavy atom. The van der Waals surface area contributed by atoms with E-state index in [1.54, 1.807) is 27.7 Å². The maximum absolute atomic E-state index is 11.9. The van der Waals surface area contributed by atoms with Crippen molar-refractivity contribution < 1.29 is 0 Å². The van der Waals surface area contributed by atoms with Crippen LogP contribution in [0.25, 0.3) is 10.1 Å². The Balaban J connectivity index is 2.46. The van der Waals surface area contributed by atoms with Gasteiger partial charge >= 0.3 is 0 Å². The molecule has 2 aromatic heterocycles. The monoisotopic (exact) mass is 225 g/mol. The van der Waals surface area contributed by atoms with E-state index in [1.807, 2.05) is 30.0 Å². The smallest absolute Gasteiger partial charge is 0.259 e. The number of thiophene rings is 1. The molecule has 0 bridgehead atoms. The Bertz CT molecular complexity index is 486. The molecule has 2 heterocycles. The quantitative estimate of drug-likeness (QED) is 0.800. The fraction of sp³-hybridized carbons (Fsp3) is 0.300. The molecule has 0 saturated carbocycles. The van der Waals surface area contributed by atoms with Crippen LogP contribution < -0.4 is 5.56 Å². The molecule has 0 unspecified atom stereocenters. The molecule has 0 atom stereocenters. The number of hydrogen-bond acceptors (Lipinski definition) is 3. The maximum Gasteiger partial charge on any atom is 0.259 e. The van der Waals surface area contributed by atoms with E-state index in [9.17, 15) is 4.79 Å². The highest BCUT2D eigenvalue weighted by Gasteiger charge is 2.02. The molecule has 0 radical (unpaired) electrons.